The number of carboxylic acid groups (broad SMARTS) is 1. The third-order valence-electron chi connectivity index (χ3n) is 4.10. The van der Waals surface area contributed by atoms with Crippen molar-refractivity contribution in [3.63, 3.8) is 0 Å². The summed E-state index contributed by atoms with van der Waals surface area (Å²) in [5.41, 5.74) is 1.55. The number of hydrogen-bond donors (Lipinski definition) is 3. The van der Waals surface area contributed by atoms with Crippen LogP contribution in [-0.4, -0.2) is 31.1 Å². The van der Waals surface area contributed by atoms with Gasteiger partial charge in [0, 0.05) is 18.8 Å². The predicted molar refractivity (Wildman–Crippen MR) is 126 cm³/mol. The molecule has 1 heterocycles. The lowest BCUT2D eigenvalue weighted by Crippen LogP contribution is -2.31. The molecular formula is C22H35FN4O4S. The van der Waals surface area contributed by atoms with Crippen molar-refractivity contribution >= 4 is 28.7 Å². The van der Waals surface area contributed by atoms with E-state index in [9.17, 15) is 18.2 Å². The minimum absolute atomic E-state index is 0.0529. The number of amides is 2. The largest absolute Gasteiger partial charge is 0.477 e. The van der Waals surface area contributed by atoms with Crippen molar-refractivity contribution in [1.82, 2.24) is 14.5 Å². The van der Waals surface area contributed by atoms with Crippen LogP contribution in [0.25, 0.3) is 0 Å². The van der Waals surface area contributed by atoms with E-state index >= 15 is 0 Å². The SMILES string of the molecule is CC.CC.CC(C)c1cc(F)cc(C(C)C)c1NC(=O)NS(=O)c1cc(C(=O)O)n(C)n1. The van der Waals surface area contributed by atoms with Gasteiger partial charge in [0.15, 0.2) is 16.0 Å². The van der Waals surface area contributed by atoms with Crippen molar-refractivity contribution in [3.8, 4) is 0 Å². The molecule has 0 spiro atoms. The Hall–Kier alpha value is -2.75. The molecule has 0 bridgehead atoms. The average molecular weight is 471 g/mol. The zero-order valence-electron chi connectivity index (χ0n) is 20.2. The molecule has 1 atom stereocenters. The van der Waals surface area contributed by atoms with E-state index in [0.717, 1.165) is 10.7 Å². The number of urea groups is 1. The molecule has 0 aliphatic rings. The van der Waals surface area contributed by atoms with Gasteiger partial charge in [0.1, 0.15) is 11.5 Å². The monoisotopic (exact) mass is 470 g/mol. The number of hydrogen-bond acceptors (Lipinski definition) is 4. The maximum absolute atomic E-state index is 14.0. The molecule has 0 aliphatic carbocycles. The number of carboxylic acids is 1. The van der Waals surface area contributed by atoms with E-state index in [1.54, 1.807) is 0 Å². The number of aryl methyl sites for hydroxylation is 1. The van der Waals surface area contributed by atoms with Gasteiger partial charge in [0.2, 0.25) is 0 Å². The van der Waals surface area contributed by atoms with Gasteiger partial charge in [-0.3, -0.25) is 9.40 Å². The fourth-order valence-electron chi connectivity index (χ4n) is 2.71. The first kappa shape index (κ1) is 29.2. The van der Waals surface area contributed by atoms with E-state index in [2.05, 4.69) is 15.1 Å². The summed E-state index contributed by atoms with van der Waals surface area (Å²) in [6, 6.07) is 3.08. The normalized spacial score (nSPS) is 11.1. The molecule has 10 heteroatoms. The average Bonchev–Trinajstić information content (AvgIpc) is 3.13. The van der Waals surface area contributed by atoms with Crippen molar-refractivity contribution in [3.05, 3.63) is 40.8 Å². The van der Waals surface area contributed by atoms with E-state index in [0.29, 0.717) is 16.8 Å². The molecule has 1 aromatic heterocycles. The number of aromatic nitrogens is 2. The van der Waals surface area contributed by atoms with E-state index in [1.165, 1.54) is 19.2 Å². The van der Waals surface area contributed by atoms with Crippen LogP contribution in [0.4, 0.5) is 14.9 Å². The summed E-state index contributed by atoms with van der Waals surface area (Å²) in [5, 5.41) is 15.4. The Morgan fingerprint density at radius 1 is 1.03 bits per heavy atom. The minimum Gasteiger partial charge on any atom is -0.477 e. The van der Waals surface area contributed by atoms with Crippen LogP contribution in [0.3, 0.4) is 0 Å². The van der Waals surface area contributed by atoms with Crippen molar-refractivity contribution < 1.29 is 23.3 Å². The van der Waals surface area contributed by atoms with Crippen LogP contribution in [-0.2, 0) is 18.0 Å². The number of aromatic carboxylic acids is 1. The molecule has 1 aromatic carbocycles. The number of nitrogens with one attached hydrogen (secondary N) is 2. The van der Waals surface area contributed by atoms with Crippen molar-refractivity contribution in [1.29, 1.82) is 0 Å². The zero-order valence-corrected chi connectivity index (χ0v) is 21.1. The maximum Gasteiger partial charge on any atom is 0.354 e. The molecule has 0 fully saturated rings. The molecule has 32 heavy (non-hydrogen) atoms. The highest BCUT2D eigenvalue weighted by Crippen LogP contribution is 2.33. The Bertz CT molecular complexity index is 913. The molecule has 3 N–H and O–H groups in total. The standard InChI is InChI=1S/C18H23FN4O4S.2C2H6/c1-9(2)12-6-11(19)7-13(10(3)4)16(12)20-18(26)22-28(27)15-8-14(17(24)25)23(5)21-15;2*1-2/h6-10H,1-5H3,(H,24,25)(H2,20,22,26);2*1-2H3. The van der Waals surface area contributed by atoms with Gasteiger partial charge in [0.05, 0.1) is 0 Å². The molecular weight excluding hydrogens is 435 g/mol. The van der Waals surface area contributed by atoms with Crippen LogP contribution in [0.15, 0.2) is 23.2 Å². The highest BCUT2D eigenvalue weighted by atomic mass is 32.2. The lowest BCUT2D eigenvalue weighted by molar-refractivity contribution is 0.0685. The molecule has 8 nitrogen and oxygen atoms in total. The van der Waals surface area contributed by atoms with Crippen molar-refractivity contribution in [2.24, 2.45) is 7.05 Å². The number of nitrogens with zero attached hydrogens (tertiary/aromatic N) is 2. The van der Waals surface area contributed by atoms with Crippen LogP contribution >= 0.6 is 0 Å². The molecule has 2 rings (SSSR count). The summed E-state index contributed by atoms with van der Waals surface area (Å²) in [6.07, 6.45) is 0. The quantitative estimate of drug-likeness (QED) is 0.523. The number of anilines is 1. The summed E-state index contributed by atoms with van der Waals surface area (Å²) >= 11 is 0. The van der Waals surface area contributed by atoms with E-state index < -0.39 is 28.8 Å². The first-order chi connectivity index (χ1) is 15.0. The summed E-state index contributed by atoms with van der Waals surface area (Å²) in [6.45, 7) is 15.5. The number of carbonyl (C=O) groups is 2. The predicted octanol–water partition coefficient (Wildman–Crippen LogP) is 5.40. The summed E-state index contributed by atoms with van der Waals surface area (Å²) in [5.74, 6) is -1.72. The van der Waals surface area contributed by atoms with E-state index in [-0.39, 0.29) is 22.6 Å². The number of rotatable bonds is 6. The second-order valence-corrected chi connectivity index (χ2v) is 8.05. The zero-order chi connectivity index (χ0) is 25.2. The van der Waals surface area contributed by atoms with Gasteiger partial charge in [-0.25, -0.2) is 18.2 Å². The Kier molecular flexibility index (Phi) is 12.4. The first-order valence-corrected chi connectivity index (χ1v) is 11.8. The van der Waals surface area contributed by atoms with Crippen LogP contribution in [0.1, 0.15) is 88.8 Å². The Morgan fingerprint density at radius 2 is 1.50 bits per heavy atom. The van der Waals surface area contributed by atoms with Gasteiger partial charge >= 0.3 is 12.0 Å². The van der Waals surface area contributed by atoms with Gasteiger partial charge in [-0.2, -0.15) is 5.10 Å². The van der Waals surface area contributed by atoms with Gasteiger partial charge in [-0.15, -0.1) is 0 Å². The Morgan fingerprint density at radius 3 is 1.88 bits per heavy atom. The van der Waals surface area contributed by atoms with Gasteiger partial charge in [-0.1, -0.05) is 55.4 Å². The van der Waals surface area contributed by atoms with Crippen molar-refractivity contribution in [2.45, 2.75) is 72.3 Å². The third-order valence-corrected chi connectivity index (χ3v) is 5.05. The Labute approximate surface area is 192 Å². The topological polar surface area (TPSA) is 113 Å². The molecule has 2 amide bonds. The molecule has 0 aliphatic heterocycles. The summed E-state index contributed by atoms with van der Waals surface area (Å²) in [4.78, 5) is 23.5. The van der Waals surface area contributed by atoms with Crippen LogP contribution in [0.2, 0.25) is 0 Å². The summed E-state index contributed by atoms with van der Waals surface area (Å²) in [7, 11) is -0.668. The van der Waals surface area contributed by atoms with Crippen LogP contribution in [0, 0.1) is 5.82 Å². The fraction of sp³-hybridized carbons (Fsp3) is 0.500. The molecule has 0 radical (unpaired) electrons. The molecule has 2 aromatic rings. The van der Waals surface area contributed by atoms with Crippen molar-refractivity contribution in [2.75, 3.05) is 5.32 Å². The van der Waals surface area contributed by atoms with E-state index in [4.69, 9.17) is 5.11 Å². The van der Waals surface area contributed by atoms with E-state index in [1.807, 2.05) is 55.4 Å². The maximum atomic E-state index is 14.0. The molecule has 1 unspecified atom stereocenters. The highest BCUT2D eigenvalue weighted by molar-refractivity contribution is 7.83. The Balaban J connectivity index is 0.00000227. The summed E-state index contributed by atoms with van der Waals surface area (Å²) < 4.78 is 29.6. The van der Waals surface area contributed by atoms with Gasteiger partial charge < -0.3 is 10.4 Å². The lowest BCUT2D eigenvalue weighted by atomic mass is 9.92. The number of carbonyl (C=O) groups excluding carboxylic acids is 1. The smallest absolute Gasteiger partial charge is 0.354 e. The highest BCUT2D eigenvalue weighted by Gasteiger charge is 2.21. The van der Waals surface area contributed by atoms with Crippen LogP contribution in [0.5, 0.6) is 0 Å². The third kappa shape index (κ3) is 7.74. The molecule has 0 saturated heterocycles. The number of benzene rings is 1. The number of halogens is 1. The lowest BCUT2D eigenvalue weighted by Gasteiger charge is -2.20. The van der Waals surface area contributed by atoms with Crippen LogP contribution < -0.4 is 10.0 Å². The molecule has 0 saturated carbocycles. The minimum atomic E-state index is -2.06. The molecule has 180 valence electrons. The first-order valence-electron chi connectivity index (χ1n) is 10.6. The van der Waals surface area contributed by atoms with Gasteiger partial charge in [0.25, 0.3) is 0 Å². The fourth-order valence-corrected chi connectivity index (χ4v) is 3.45. The second kappa shape index (κ2) is 13.6. The second-order valence-electron chi connectivity index (χ2n) is 6.89. The van der Waals surface area contributed by atoms with Gasteiger partial charge in [-0.05, 0) is 35.1 Å².